The van der Waals surface area contributed by atoms with Crippen molar-refractivity contribution >= 4 is 9.04 Å². The first kappa shape index (κ1) is 20.4. The Bertz CT molecular complexity index is 527. The molecule has 0 unspecified atom stereocenters. The molecule has 4 rings (SSSR count). The molecule has 0 aromatic heterocycles. The van der Waals surface area contributed by atoms with Gasteiger partial charge in [-0.15, -0.1) is 0 Å². The molecule has 0 saturated heterocycles. The lowest BCUT2D eigenvalue weighted by Gasteiger charge is -2.58. The van der Waals surface area contributed by atoms with E-state index >= 15 is 0 Å². The van der Waals surface area contributed by atoms with Crippen LogP contribution >= 0.6 is 0 Å². The molecule has 4 aliphatic rings. The smallest absolute Gasteiger partial charge is 0.204 e. The summed E-state index contributed by atoms with van der Waals surface area (Å²) >= 11 is 0. The highest BCUT2D eigenvalue weighted by Crippen LogP contribution is 2.67. The maximum Gasteiger partial charge on any atom is 0.204 e. The van der Waals surface area contributed by atoms with Gasteiger partial charge in [0, 0.05) is 6.61 Å². The van der Waals surface area contributed by atoms with Crippen LogP contribution in [0.25, 0.3) is 0 Å². The van der Waals surface area contributed by atoms with Crippen LogP contribution in [0.4, 0.5) is 0 Å². The molecular weight excluding hydrogens is 348 g/mol. The van der Waals surface area contributed by atoms with Gasteiger partial charge in [0.15, 0.2) is 0 Å². The van der Waals surface area contributed by atoms with E-state index in [1.807, 2.05) is 0 Å². The van der Waals surface area contributed by atoms with Crippen molar-refractivity contribution in [2.45, 2.75) is 97.8 Å². The molecule has 1 radical (unpaired) electrons. The molecule has 4 saturated carbocycles. The van der Waals surface area contributed by atoms with E-state index in [-0.39, 0.29) is 6.10 Å². The standard InChI is InChI=1S/C24H43O2Si/c1-23(2,3)22-11-10-21-20-8-6-16-14-17(25)7-9-18(16)19(20)12-13-24(21,22)15-26-27(4)5/h16-22,25H,6-15H2,1-5H3/t16-,17-,18-,19+,20+,21-,22+,24+/m0/s1. The fourth-order valence-electron chi connectivity index (χ4n) is 8.49. The van der Waals surface area contributed by atoms with Crippen molar-refractivity contribution in [1.29, 1.82) is 0 Å². The first-order chi connectivity index (χ1) is 12.7. The number of hydrogen-bond donors (Lipinski definition) is 1. The summed E-state index contributed by atoms with van der Waals surface area (Å²) in [7, 11) is -0.626. The van der Waals surface area contributed by atoms with Gasteiger partial charge in [-0.3, -0.25) is 0 Å². The molecule has 27 heavy (non-hydrogen) atoms. The van der Waals surface area contributed by atoms with Gasteiger partial charge in [-0.2, -0.15) is 0 Å². The van der Waals surface area contributed by atoms with E-state index in [0.717, 1.165) is 55.0 Å². The first-order valence-electron chi connectivity index (χ1n) is 11.8. The summed E-state index contributed by atoms with van der Waals surface area (Å²) in [6.45, 7) is 13.1. The highest BCUT2D eigenvalue weighted by atomic mass is 28.3. The van der Waals surface area contributed by atoms with Crippen LogP contribution in [0.1, 0.15) is 78.6 Å². The lowest BCUT2D eigenvalue weighted by atomic mass is 9.48. The van der Waals surface area contributed by atoms with Crippen molar-refractivity contribution in [3.8, 4) is 0 Å². The zero-order valence-electron chi connectivity index (χ0n) is 18.5. The first-order valence-corrected chi connectivity index (χ1v) is 14.2. The van der Waals surface area contributed by atoms with Gasteiger partial charge in [-0.05, 0) is 117 Å². The normalized spacial score (nSPS) is 47.4. The molecule has 0 aromatic rings. The number of fused-ring (bicyclic) bond motifs is 5. The van der Waals surface area contributed by atoms with Gasteiger partial charge in [0.1, 0.15) is 0 Å². The van der Waals surface area contributed by atoms with Gasteiger partial charge in [0.05, 0.1) is 6.10 Å². The van der Waals surface area contributed by atoms with E-state index in [1.54, 1.807) is 0 Å². The molecule has 2 nitrogen and oxygen atoms in total. The van der Waals surface area contributed by atoms with Crippen LogP contribution in [0.2, 0.25) is 13.1 Å². The van der Waals surface area contributed by atoms with Crippen molar-refractivity contribution in [1.82, 2.24) is 0 Å². The summed E-state index contributed by atoms with van der Waals surface area (Å²) in [5.74, 6) is 5.34. The fraction of sp³-hybridized carbons (Fsp3) is 1.00. The van der Waals surface area contributed by atoms with E-state index in [9.17, 15) is 5.11 Å². The van der Waals surface area contributed by atoms with Crippen molar-refractivity contribution < 1.29 is 9.53 Å². The molecule has 0 spiro atoms. The Hall–Kier alpha value is 0.137. The second kappa shape index (κ2) is 7.43. The van der Waals surface area contributed by atoms with Crippen LogP contribution in [0.5, 0.6) is 0 Å². The molecule has 0 aliphatic heterocycles. The summed E-state index contributed by atoms with van der Waals surface area (Å²) < 4.78 is 6.48. The Morgan fingerprint density at radius 2 is 1.67 bits per heavy atom. The SMILES string of the molecule is C[Si](C)OC[C@]12CC[C@H]3[C@@H](CC[C@H]4C[C@@H](O)CC[C@@H]43)[C@@H]1CC[C@@H]2C(C)(C)C. The quantitative estimate of drug-likeness (QED) is 0.606. The second-order valence-corrected chi connectivity index (χ2v) is 14.0. The van der Waals surface area contributed by atoms with Gasteiger partial charge in [-0.1, -0.05) is 20.8 Å². The molecular formula is C24H43O2Si. The van der Waals surface area contributed by atoms with Crippen molar-refractivity contribution in [3.05, 3.63) is 0 Å². The van der Waals surface area contributed by atoms with E-state index in [2.05, 4.69) is 33.9 Å². The summed E-state index contributed by atoms with van der Waals surface area (Å²) in [6.07, 6.45) is 12.0. The Morgan fingerprint density at radius 3 is 2.37 bits per heavy atom. The Morgan fingerprint density at radius 1 is 0.926 bits per heavy atom. The molecule has 0 aromatic carbocycles. The predicted molar refractivity (Wildman–Crippen MR) is 114 cm³/mol. The topological polar surface area (TPSA) is 29.5 Å². The number of hydrogen-bond acceptors (Lipinski definition) is 2. The second-order valence-electron chi connectivity index (χ2n) is 11.9. The summed E-state index contributed by atoms with van der Waals surface area (Å²) in [5, 5.41) is 10.2. The third-order valence-corrected chi connectivity index (χ3v) is 10.0. The number of rotatable bonds is 3. The molecule has 3 heteroatoms. The monoisotopic (exact) mass is 391 g/mol. The Labute approximate surface area is 169 Å². The predicted octanol–water partition coefficient (Wildman–Crippen LogP) is 5.91. The van der Waals surface area contributed by atoms with E-state index in [1.165, 1.54) is 44.9 Å². The molecule has 0 amide bonds. The maximum atomic E-state index is 10.2. The lowest BCUT2D eigenvalue weighted by Crippen LogP contribution is -2.53. The van der Waals surface area contributed by atoms with Crippen LogP contribution in [-0.2, 0) is 4.43 Å². The van der Waals surface area contributed by atoms with Gasteiger partial charge in [0.2, 0.25) is 9.04 Å². The summed E-state index contributed by atoms with van der Waals surface area (Å²) in [5.41, 5.74) is 0.841. The lowest BCUT2D eigenvalue weighted by molar-refractivity contribution is -0.110. The fourth-order valence-corrected chi connectivity index (χ4v) is 9.05. The third kappa shape index (κ3) is 3.59. The summed E-state index contributed by atoms with van der Waals surface area (Å²) in [4.78, 5) is 0. The Kier molecular flexibility index (Phi) is 5.62. The summed E-state index contributed by atoms with van der Waals surface area (Å²) in [6, 6.07) is 0. The molecule has 4 aliphatic carbocycles. The average Bonchev–Trinajstić information content (AvgIpc) is 2.99. The van der Waals surface area contributed by atoms with Crippen LogP contribution in [0.3, 0.4) is 0 Å². The van der Waals surface area contributed by atoms with Crippen LogP contribution in [0.15, 0.2) is 0 Å². The van der Waals surface area contributed by atoms with Gasteiger partial charge >= 0.3 is 0 Å². The molecule has 0 bridgehead atoms. The minimum Gasteiger partial charge on any atom is -0.417 e. The number of aliphatic hydroxyl groups excluding tert-OH is 1. The van der Waals surface area contributed by atoms with E-state index in [4.69, 9.17) is 4.43 Å². The van der Waals surface area contributed by atoms with Crippen molar-refractivity contribution in [3.63, 3.8) is 0 Å². The van der Waals surface area contributed by atoms with Crippen LogP contribution in [-0.4, -0.2) is 26.9 Å². The third-order valence-electron chi connectivity index (χ3n) is 9.32. The van der Waals surface area contributed by atoms with Crippen molar-refractivity contribution in [2.24, 2.45) is 46.3 Å². The number of aliphatic hydroxyl groups is 1. The molecule has 0 heterocycles. The van der Waals surface area contributed by atoms with Crippen LogP contribution in [0, 0.1) is 46.3 Å². The van der Waals surface area contributed by atoms with Gasteiger partial charge in [-0.25, -0.2) is 0 Å². The minimum absolute atomic E-state index is 0.00897. The molecule has 1 N–H and O–H groups in total. The molecule has 155 valence electrons. The highest BCUT2D eigenvalue weighted by Gasteiger charge is 2.60. The largest absolute Gasteiger partial charge is 0.417 e. The zero-order valence-corrected chi connectivity index (χ0v) is 19.5. The van der Waals surface area contributed by atoms with E-state index in [0.29, 0.717) is 10.8 Å². The molecule has 4 fully saturated rings. The Balaban J connectivity index is 1.59. The van der Waals surface area contributed by atoms with E-state index < -0.39 is 9.04 Å². The van der Waals surface area contributed by atoms with Gasteiger partial charge in [0.25, 0.3) is 0 Å². The average molecular weight is 392 g/mol. The van der Waals surface area contributed by atoms with Gasteiger partial charge < -0.3 is 9.53 Å². The highest BCUT2D eigenvalue weighted by molar-refractivity contribution is 6.48. The van der Waals surface area contributed by atoms with Crippen molar-refractivity contribution in [2.75, 3.05) is 6.61 Å². The zero-order chi connectivity index (χ0) is 19.4. The van der Waals surface area contributed by atoms with Crippen LogP contribution < -0.4 is 0 Å². The minimum atomic E-state index is -0.626. The maximum absolute atomic E-state index is 10.2. The molecule has 8 atom stereocenters.